The molecule has 156 valence electrons. The van der Waals surface area contributed by atoms with Crippen LogP contribution in [-0.4, -0.2) is 30.2 Å². The maximum atomic E-state index is 12.6. The zero-order valence-corrected chi connectivity index (χ0v) is 17.2. The molecule has 2 aromatic carbocycles. The number of rotatable bonds is 7. The van der Waals surface area contributed by atoms with Gasteiger partial charge in [0.05, 0.1) is 24.8 Å². The Morgan fingerprint density at radius 3 is 2.50 bits per heavy atom. The van der Waals surface area contributed by atoms with E-state index in [-0.39, 0.29) is 24.4 Å². The van der Waals surface area contributed by atoms with Gasteiger partial charge in [0, 0.05) is 30.1 Å². The number of nitrogens with zero attached hydrogens (tertiary/aromatic N) is 1. The summed E-state index contributed by atoms with van der Waals surface area (Å²) in [6.45, 7) is 4.13. The third-order valence-electron chi connectivity index (χ3n) is 4.76. The molecule has 0 aliphatic carbocycles. The van der Waals surface area contributed by atoms with Crippen molar-refractivity contribution < 1.29 is 19.1 Å². The predicted molar refractivity (Wildman–Crippen MR) is 115 cm³/mol. The number of fused-ring (bicyclic) bond motifs is 1. The van der Waals surface area contributed by atoms with Gasteiger partial charge in [-0.2, -0.15) is 0 Å². The molecule has 3 rings (SSSR count). The molecule has 30 heavy (non-hydrogen) atoms. The molecule has 3 aromatic rings. The number of benzene rings is 2. The van der Waals surface area contributed by atoms with Crippen LogP contribution in [0.5, 0.6) is 5.75 Å². The van der Waals surface area contributed by atoms with Crippen LogP contribution in [0.4, 0.5) is 5.69 Å². The van der Waals surface area contributed by atoms with Crippen LogP contribution in [0.25, 0.3) is 10.9 Å². The number of nitrogens with one attached hydrogen (secondary N) is 1. The number of carbonyl (C=O) groups excluding carboxylic acids is 2. The number of amides is 1. The second-order valence-electron chi connectivity index (χ2n) is 6.77. The quantitative estimate of drug-likeness (QED) is 0.605. The Bertz CT molecular complexity index is 1130. The Kier molecular flexibility index (Phi) is 6.51. The third-order valence-corrected chi connectivity index (χ3v) is 4.76. The summed E-state index contributed by atoms with van der Waals surface area (Å²) >= 11 is 0. The molecular formula is C23H24N2O5. The van der Waals surface area contributed by atoms with E-state index in [4.69, 9.17) is 9.47 Å². The molecule has 7 nitrogen and oxygen atoms in total. The largest absolute Gasteiger partial charge is 0.495 e. The molecule has 0 radical (unpaired) electrons. The molecule has 0 saturated carbocycles. The molecule has 0 fully saturated rings. The van der Waals surface area contributed by atoms with Gasteiger partial charge in [0.2, 0.25) is 5.91 Å². The van der Waals surface area contributed by atoms with Crippen LogP contribution < -0.4 is 15.6 Å². The highest BCUT2D eigenvalue weighted by molar-refractivity contribution is 5.93. The van der Waals surface area contributed by atoms with Gasteiger partial charge in [-0.1, -0.05) is 12.1 Å². The fraction of sp³-hybridized carbons (Fsp3) is 0.261. The predicted octanol–water partition coefficient (Wildman–Crippen LogP) is 3.52. The van der Waals surface area contributed by atoms with Crippen molar-refractivity contribution in [2.24, 2.45) is 0 Å². The van der Waals surface area contributed by atoms with Crippen molar-refractivity contribution in [2.75, 3.05) is 19.0 Å². The molecule has 1 heterocycles. The standard InChI is InChI=1S/C23H24N2O5/c1-4-30-23(28)16-8-10-17(11-9-16)24-20(26)12-13-25-21(27)14-15(2)18-6-5-7-19(29-3)22(18)25/h5-11,14H,4,12-13H2,1-3H3,(H,24,26). The minimum Gasteiger partial charge on any atom is -0.495 e. The number of aromatic nitrogens is 1. The number of para-hydroxylation sites is 1. The van der Waals surface area contributed by atoms with Crippen LogP contribution in [0.1, 0.15) is 29.3 Å². The van der Waals surface area contributed by atoms with Crippen molar-refractivity contribution >= 4 is 28.5 Å². The normalized spacial score (nSPS) is 10.6. The Morgan fingerprint density at radius 1 is 1.10 bits per heavy atom. The summed E-state index contributed by atoms with van der Waals surface area (Å²) in [5, 5.41) is 3.69. The van der Waals surface area contributed by atoms with E-state index in [0.29, 0.717) is 29.1 Å². The second kappa shape index (κ2) is 9.26. The van der Waals surface area contributed by atoms with Gasteiger partial charge in [0.1, 0.15) is 5.75 Å². The number of hydrogen-bond donors (Lipinski definition) is 1. The average molecular weight is 408 g/mol. The summed E-state index contributed by atoms with van der Waals surface area (Å²) in [4.78, 5) is 36.7. The summed E-state index contributed by atoms with van der Waals surface area (Å²) in [7, 11) is 1.55. The molecule has 7 heteroatoms. The van der Waals surface area contributed by atoms with E-state index in [1.54, 1.807) is 55.0 Å². The minimum atomic E-state index is -0.407. The van der Waals surface area contributed by atoms with Crippen molar-refractivity contribution in [3.63, 3.8) is 0 Å². The van der Waals surface area contributed by atoms with Crippen LogP contribution in [-0.2, 0) is 16.1 Å². The Hall–Kier alpha value is -3.61. The van der Waals surface area contributed by atoms with Gasteiger partial charge in [-0.3, -0.25) is 9.59 Å². The van der Waals surface area contributed by atoms with Gasteiger partial charge in [0.25, 0.3) is 5.56 Å². The molecular weight excluding hydrogens is 384 g/mol. The van der Waals surface area contributed by atoms with Gasteiger partial charge in [0.15, 0.2) is 0 Å². The highest BCUT2D eigenvalue weighted by Crippen LogP contribution is 2.26. The second-order valence-corrected chi connectivity index (χ2v) is 6.77. The molecule has 0 bridgehead atoms. The molecule has 0 saturated heterocycles. The number of ether oxygens (including phenoxy) is 2. The van der Waals surface area contributed by atoms with E-state index < -0.39 is 5.97 Å². The van der Waals surface area contributed by atoms with Crippen LogP contribution in [0.15, 0.2) is 53.3 Å². The molecule has 0 spiro atoms. The SMILES string of the molecule is CCOC(=O)c1ccc(NC(=O)CCn2c(=O)cc(C)c3cccc(OC)c32)cc1. The number of methoxy groups -OCH3 is 1. The van der Waals surface area contributed by atoms with Crippen LogP contribution in [0.2, 0.25) is 0 Å². The summed E-state index contributed by atoms with van der Waals surface area (Å²) in [6.07, 6.45) is 0.107. The molecule has 1 amide bonds. The fourth-order valence-corrected chi connectivity index (χ4v) is 3.30. The van der Waals surface area contributed by atoms with Crippen molar-refractivity contribution in [1.82, 2.24) is 4.57 Å². The van der Waals surface area contributed by atoms with E-state index in [0.717, 1.165) is 10.9 Å². The first-order chi connectivity index (χ1) is 14.4. The number of pyridine rings is 1. The average Bonchev–Trinajstić information content (AvgIpc) is 2.73. The molecule has 1 N–H and O–H groups in total. The van der Waals surface area contributed by atoms with Crippen LogP contribution in [0.3, 0.4) is 0 Å². The zero-order chi connectivity index (χ0) is 21.7. The molecule has 0 aliphatic rings. The van der Waals surface area contributed by atoms with Crippen LogP contribution >= 0.6 is 0 Å². The first-order valence-electron chi connectivity index (χ1n) is 9.68. The number of carbonyl (C=O) groups is 2. The Labute approximate surface area is 174 Å². The van der Waals surface area contributed by atoms with E-state index in [1.807, 2.05) is 19.1 Å². The van der Waals surface area contributed by atoms with Gasteiger partial charge in [-0.05, 0) is 49.7 Å². The number of aryl methyl sites for hydroxylation is 2. The van der Waals surface area contributed by atoms with E-state index in [9.17, 15) is 14.4 Å². The maximum absolute atomic E-state index is 12.6. The number of anilines is 1. The lowest BCUT2D eigenvalue weighted by molar-refractivity contribution is -0.116. The van der Waals surface area contributed by atoms with Gasteiger partial charge in [-0.15, -0.1) is 0 Å². The lowest BCUT2D eigenvalue weighted by atomic mass is 10.1. The Balaban J connectivity index is 1.74. The van der Waals surface area contributed by atoms with E-state index in [2.05, 4.69) is 5.32 Å². The number of esters is 1. The smallest absolute Gasteiger partial charge is 0.338 e. The highest BCUT2D eigenvalue weighted by Gasteiger charge is 2.13. The maximum Gasteiger partial charge on any atom is 0.338 e. The van der Waals surface area contributed by atoms with E-state index in [1.165, 1.54) is 0 Å². The number of hydrogen-bond acceptors (Lipinski definition) is 5. The van der Waals surface area contributed by atoms with Gasteiger partial charge in [-0.25, -0.2) is 4.79 Å². The molecule has 0 unspecified atom stereocenters. The van der Waals surface area contributed by atoms with Crippen molar-refractivity contribution in [1.29, 1.82) is 0 Å². The van der Waals surface area contributed by atoms with Gasteiger partial charge < -0.3 is 19.4 Å². The summed E-state index contributed by atoms with van der Waals surface area (Å²) < 4.78 is 11.9. The molecule has 1 aromatic heterocycles. The summed E-state index contributed by atoms with van der Waals surface area (Å²) in [5.41, 5.74) is 2.33. The van der Waals surface area contributed by atoms with Crippen molar-refractivity contribution in [2.45, 2.75) is 26.8 Å². The minimum absolute atomic E-state index is 0.107. The fourth-order valence-electron chi connectivity index (χ4n) is 3.30. The summed E-state index contributed by atoms with van der Waals surface area (Å²) in [5.74, 6) is -0.0624. The zero-order valence-electron chi connectivity index (χ0n) is 17.2. The lowest BCUT2D eigenvalue weighted by Crippen LogP contribution is -2.24. The van der Waals surface area contributed by atoms with Crippen molar-refractivity contribution in [3.05, 3.63) is 70.0 Å². The topological polar surface area (TPSA) is 86.6 Å². The molecule has 0 aliphatic heterocycles. The van der Waals surface area contributed by atoms with Crippen molar-refractivity contribution in [3.8, 4) is 5.75 Å². The lowest BCUT2D eigenvalue weighted by Gasteiger charge is -2.15. The summed E-state index contributed by atoms with van der Waals surface area (Å²) in [6, 6.07) is 13.6. The first-order valence-corrected chi connectivity index (χ1v) is 9.68. The highest BCUT2D eigenvalue weighted by atomic mass is 16.5. The first kappa shape index (κ1) is 21.1. The monoisotopic (exact) mass is 408 g/mol. The Morgan fingerprint density at radius 2 is 1.83 bits per heavy atom. The van der Waals surface area contributed by atoms with E-state index >= 15 is 0 Å². The van der Waals surface area contributed by atoms with Crippen LogP contribution in [0, 0.1) is 6.92 Å². The third kappa shape index (κ3) is 4.51. The molecule has 0 atom stereocenters. The van der Waals surface area contributed by atoms with Gasteiger partial charge >= 0.3 is 5.97 Å².